The van der Waals surface area contributed by atoms with E-state index in [9.17, 15) is 14.0 Å². The molecule has 0 saturated heterocycles. The van der Waals surface area contributed by atoms with Crippen molar-refractivity contribution in [1.82, 2.24) is 14.5 Å². The molecular formula is C23H19FN4O2S. The minimum atomic E-state index is -0.441. The molecular weight excluding hydrogens is 415 g/mol. The lowest BCUT2D eigenvalue weighted by Crippen LogP contribution is -2.23. The Hall–Kier alpha value is -3.65. The summed E-state index contributed by atoms with van der Waals surface area (Å²) < 4.78 is 15.2. The van der Waals surface area contributed by atoms with Gasteiger partial charge in [0, 0.05) is 34.5 Å². The van der Waals surface area contributed by atoms with Crippen molar-refractivity contribution < 1.29 is 9.18 Å². The van der Waals surface area contributed by atoms with Crippen molar-refractivity contribution in [3.63, 3.8) is 0 Å². The quantitative estimate of drug-likeness (QED) is 0.504. The van der Waals surface area contributed by atoms with Crippen molar-refractivity contribution in [1.29, 1.82) is 0 Å². The third-order valence-corrected chi connectivity index (χ3v) is 5.65. The highest BCUT2D eigenvalue weighted by atomic mass is 32.1. The van der Waals surface area contributed by atoms with Gasteiger partial charge in [0.25, 0.3) is 11.5 Å². The van der Waals surface area contributed by atoms with E-state index in [-0.39, 0.29) is 17.9 Å². The Morgan fingerprint density at radius 2 is 1.90 bits per heavy atom. The molecule has 8 heteroatoms. The SMILES string of the molecule is Cc1ccc(-c2csc(NC(=O)c3ccn(Cc4ccccc4F)c(=O)c3)n2)nc1C. The molecule has 4 aromatic rings. The second-order valence-corrected chi connectivity index (χ2v) is 7.92. The van der Waals surface area contributed by atoms with Gasteiger partial charge in [0.1, 0.15) is 11.5 Å². The van der Waals surface area contributed by atoms with Crippen molar-refractivity contribution in [3.8, 4) is 11.4 Å². The van der Waals surface area contributed by atoms with Gasteiger partial charge in [0.05, 0.1) is 12.2 Å². The first-order valence-electron chi connectivity index (χ1n) is 9.56. The Balaban J connectivity index is 1.48. The van der Waals surface area contributed by atoms with E-state index in [2.05, 4.69) is 15.3 Å². The van der Waals surface area contributed by atoms with Crippen LogP contribution in [0.5, 0.6) is 0 Å². The second kappa shape index (κ2) is 8.61. The molecule has 0 radical (unpaired) electrons. The number of anilines is 1. The van der Waals surface area contributed by atoms with E-state index < -0.39 is 11.5 Å². The van der Waals surface area contributed by atoms with Crippen LogP contribution < -0.4 is 10.9 Å². The van der Waals surface area contributed by atoms with Crippen molar-refractivity contribution in [2.45, 2.75) is 20.4 Å². The van der Waals surface area contributed by atoms with Crippen molar-refractivity contribution in [2.24, 2.45) is 0 Å². The van der Waals surface area contributed by atoms with Gasteiger partial charge in [-0.3, -0.25) is 19.9 Å². The molecule has 3 heterocycles. The van der Waals surface area contributed by atoms with E-state index in [1.807, 2.05) is 31.4 Å². The highest BCUT2D eigenvalue weighted by Gasteiger charge is 2.13. The molecule has 0 aliphatic carbocycles. The number of carbonyl (C=O) groups excluding carboxylic acids is 1. The van der Waals surface area contributed by atoms with Crippen LogP contribution in [0.15, 0.2) is 64.9 Å². The van der Waals surface area contributed by atoms with Crippen LogP contribution in [0.3, 0.4) is 0 Å². The molecule has 0 bridgehead atoms. The van der Waals surface area contributed by atoms with Crippen LogP contribution in [-0.2, 0) is 6.54 Å². The normalized spacial score (nSPS) is 10.8. The smallest absolute Gasteiger partial charge is 0.257 e. The average Bonchev–Trinajstić information content (AvgIpc) is 3.21. The molecule has 0 fully saturated rings. The topological polar surface area (TPSA) is 76.9 Å². The first-order chi connectivity index (χ1) is 14.9. The first kappa shape index (κ1) is 20.6. The summed E-state index contributed by atoms with van der Waals surface area (Å²) in [6, 6.07) is 12.9. The number of amides is 1. The summed E-state index contributed by atoms with van der Waals surface area (Å²) >= 11 is 1.28. The highest BCUT2D eigenvalue weighted by Crippen LogP contribution is 2.24. The summed E-state index contributed by atoms with van der Waals surface area (Å²) in [5, 5.41) is 4.94. The van der Waals surface area contributed by atoms with E-state index in [1.54, 1.807) is 18.2 Å². The van der Waals surface area contributed by atoms with Gasteiger partial charge >= 0.3 is 0 Å². The molecule has 4 rings (SSSR count). The monoisotopic (exact) mass is 434 g/mol. The molecule has 3 aromatic heterocycles. The van der Waals surface area contributed by atoms with Gasteiger partial charge in [0.2, 0.25) is 0 Å². The predicted octanol–water partition coefficient (Wildman–Crippen LogP) is 4.42. The van der Waals surface area contributed by atoms with Gasteiger partial charge in [-0.1, -0.05) is 24.3 Å². The highest BCUT2D eigenvalue weighted by molar-refractivity contribution is 7.14. The van der Waals surface area contributed by atoms with Crippen LogP contribution in [0.4, 0.5) is 9.52 Å². The second-order valence-electron chi connectivity index (χ2n) is 7.06. The fraction of sp³-hybridized carbons (Fsp3) is 0.130. The molecule has 0 aliphatic heterocycles. The minimum Gasteiger partial charge on any atom is -0.311 e. The van der Waals surface area contributed by atoms with Crippen LogP contribution in [0.1, 0.15) is 27.2 Å². The lowest BCUT2D eigenvalue weighted by Gasteiger charge is -2.08. The van der Waals surface area contributed by atoms with E-state index in [4.69, 9.17) is 0 Å². The molecule has 0 spiro atoms. The zero-order valence-corrected chi connectivity index (χ0v) is 17.7. The van der Waals surface area contributed by atoms with Gasteiger partial charge in [-0.2, -0.15) is 0 Å². The standard InChI is InChI=1S/C23H19FN4O2S/c1-14-7-8-19(25-15(14)2)20-13-31-23(26-20)27-22(30)16-9-10-28(21(29)11-16)12-17-5-3-4-6-18(17)24/h3-11,13H,12H2,1-2H3,(H,26,27,30). The number of nitrogens with zero attached hydrogens (tertiary/aromatic N) is 3. The molecule has 6 nitrogen and oxygen atoms in total. The van der Waals surface area contributed by atoms with E-state index in [0.29, 0.717) is 16.4 Å². The van der Waals surface area contributed by atoms with Crippen molar-refractivity contribution >= 4 is 22.4 Å². The Morgan fingerprint density at radius 1 is 1.10 bits per heavy atom. The van der Waals surface area contributed by atoms with Gasteiger partial charge in [0.15, 0.2) is 5.13 Å². The minimum absolute atomic E-state index is 0.0895. The first-order valence-corrected chi connectivity index (χ1v) is 10.4. The molecule has 0 saturated carbocycles. The number of carbonyl (C=O) groups is 1. The maximum atomic E-state index is 13.8. The predicted molar refractivity (Wildman–Crippen MR) is 119 cm³/mol. The summed E-state index contributed by atoms with van der Waals surface area (Å²) in [5.41, 5.74) is 3.63. The average molecular weight is 434 g/mol. The Labute approximate surface area is 182 Å². The Morgan fingerprint density at radius 3 is 2.65 bits per heavy atom. The molecule has 0 unspecified atom stereocenters. The molecule has 1 amide bonds. The Kier molecular flexibility index (Phi) is 5.73. The van der Waals surface area contributed by atoms with Crippen LogP contribution in [0, 0.1) is 19.7 Å². The van der Waals surface area contributed by atoms with E-state index in [0.717, 1.165) is 17.0 Å². The van der Waals surface area contributed by atoms with Gasteiger partial charge < -0.3 is 4.57 Å². The zero-order valence-electron chi connectivity index (χ0n) is 16.9. The number of hydrogen-bond donors (Lipinski definition) is 1. The van der Waals surface area contributed by atoms with Crippen molar-refractivity contribution in [2.75, 3.05) is 5.32 Å². The van der Waals surface area contributed by atoms with Gasteiger partial charge in [-0.25, -0.2) is 9.37 Å². The van der Waals surface area contributed by atoms with Crippen LogP contribution in [-0.4, -0.2) is 20.4 Å². The lowest BCUT2D eigenvalue weighted by atomic mass is 10.2. The third kappa shape index (κ3) is 4.59. The largest absolute Gasteiger partial charge is 0.311 e. The summed E-state index contributed by atoms with van der Waals surface area (Å²) in [5.74, 6) is -0.821. The van der Waals surface area contributed by atoms with Crippen LogP contribution >= 0.6 is 11.3 Å². The van der Waals surface area contributed by atoms with E-state index in [1.165, 1.54) is 40.3 Å². The fourth-order valence-corrected chi connectivity index (χ4v) is 3.68. The number of aromatic nitrogens is 3. The lowest BCUT2D eigenvalue weighted by molar-refractivity contribution is 0.102. The summed E-state index contributed by atoms with van der Waals surface area (Å²) in [6.45, 7) is 4.01. The molecule has 1 aromatic carbocycles. The van der Waals surface area contributed by atoms with Gasteiger partial charge in [-0.05, 0) is 37.6 Å². The number of hydrogen-bond acceptors (Lipinski definition) is 5. The molecule has 156 valence electrons. The van der Waals surface area contributed by atoms with Crippen molar-refractivity contribution in [3.05, 3.63) is 98.7 Å². The Bertz CT molecular complexity index is 1330. The number of thiazole rings is 1. The van der Waals surface area contributed by atoms with Gasteiger partial charge in [-0.15, -0.1) is 11.3 Å². The zero-order chi connectivity index (χ0) is 22.0. The number of nitrogens with one attached hydrogen (secondary N) is 1. The molecule has 1 N–H and O–H groups in total. The summed E-state index contributed by atoms with van der Waals surface area (Å²) in [4.78, 5) is 33.9. The number of benzene rings is 1. The fourth-order valence-electron chi connectivity index (χ4n) is 2.98. The number of halogens is 1. The molecule has 0 atom stereocenters. The number of aryl methyl sites for hydroxylation is 2. The van der Waals surface area contributed by atoms with E-state index >= 15 is 0 Å². The summed E-state index contributed by atoms with van der Waals surface area (Å²) in [7, 11) is 0. The maximum Gasteiger partial charge on any atom is 0.257 e. The number of pyridine rings is 2. The molecule has 0 aliphatic rings. The summed E-state index contributed by atoms with van der Waals surface area (Å²) in [6.07, 6.45) is 1.48. The van der Waals surface area contributed by atoms with Crippen LogP contribution in [0.2, 0.25) is 0 Å². The maximum absolute atomic E-state index is 13.8. The number of rotatable bonds is 5. The third-order valence-electron chi connectivity index (χ3n) is 4.89. The van der Waals surface area contributed by atoms with Crippen LogP contribution in [0.25, 0.3) is 11.4 Å². The molecule has 31 heavy (non-hydrogen) atoms.